The van der Waals surface area contributed by atoms with Gasteiger partial charge in [-0.15, -0.1) is 0 Å². The zero-order chi connectivity index (χ0) is 16.1. The quantitative estimate of drug-likeness (QED) is 0.733. The van der Waals surface area contributed by atoms with E-state index in [1.165, 1.54) is 11.4 Å². The highest BCUT2D eigenvalue weighted by molar-refractivity contribution is 9.10. The van der Waals surface area contributed by atoms with Gasteiger partial charge in [0.1, 0.15) is 5.56 Å². The minimum atomic E-state index is -3.85. The number of esters is 1. The van der Waals surface area contributed by atoms with Gasteiger partial charge in [-0.05, 0) is 15.9 Å². The largest absolute Gasteiger partial charge is 0.465 e. The van der Waals surface area contributed by atoms with Gasteiger partial charge in [-0.3, -0.25) is 4.68 Å². The van der Waals surface area contributed by atoms with Crippen molar-refractivity contribution in [2.45, 2.75) is 18.2 Å². The minimum absolute atomic E-state index is 0.0244. The fraction of sp³-hybridized carbons (Fsp3) is 0.333. The van der Waals surface area contributed by atoms with Crippen molar-refractivity contribution in [3.05, 3.63) is 33.8 Å². The van der Waals surface area contributed by atoms with Gasteiger partial charge in [0, 0.05) is 25.2 Å². The number of methoxy groups -OCH3 is 1. The van der Waals surface area contributed by atoms with E-state index in [0.29, 0.717) is 0 Å². The molecule has 1 aliphatic rings. The number of hydrogen-bond acceptors (Lipinski definition) is 6. The fourth-order valence-electron chi connectivity index (χ4n) is 2.28. The first-order valence-corrected chi connectivity index (χ1v) is 8.45. The number of ether oxygens (including phenoxy) is 1. The van der Waals surface area contributed by atoms with Crippen LogP contribution in [0.15, 0.2) is 26.4 Å². The average molecular weight is 390 g/mol. The molecule has 0 aliphatic carbocycles. The topological polar surface area (TPSA) is 94.6 Å². The molecule has 0 fully saturated rings. The van der Waals surface area contributed by atoms with Gasteiger partial charge >= 0.3 is 5.97 Å². The zero-order valence-electron chi connectivity index (χ0n) is 11.7. The molecular formula is C12H12BrN3O5S. The molecule has 2 aromatic rings. The van der Waals surface area contributed by atoms with Crippen LogP contribution in [0.5, 0.6) is 0 Å². The van der Waals surface area contributed by atoms with Crippen molar-refractivity contribution in [3.8, 4) is 0 Å². The van der Waals surface area contributed by atoms with Gasteiger partial charge in [-0.25, -0.2) is 13.2 Å². The van der Waals surface area contributed by atoms with Gasteiger partial charge in [-0.1, -0.05) is 0 Å². The second kappa shape index (κ2) is 5.21. The number of carbonyl (C=O) groups is 1. The average Bonchev–Trinajstić information content (AvgIpc) is 3.15. The smallest absolute Gasteiger partial charge is 0.342 e. The van der Waals surface area contributed by atoms with Gasteiger partial charge in [0.05, 0.1) is 25.5 Å². The fourth-order valence-corrected chi connectivity index (χ4v) is 4.15. The lowest BCUT2D eigenvalue weighted by Gasteiger charge is -2.13. The lowest BCUT2D eigenvalue weighted by atomic mass is 10.3. The third-order valence-corrected chi connectivity index (χ3v) is 5.72. The Bertz CT molecular complexity index is 854. The first kappa shape index (κ1) is 15.3. The lowest BCUT2D eigenvalue weighted by molar-refractivity contribution is 0.0598. The SMILES string of the molecule is COC(=O)c1cc(S(=O)(=O)N2Cc3cnn(C)c3C2)oc1Br. The highest BCUT2D eigenvalue weighted by Gasteiger charge is 2.36. The first-order chi connectivity index (χ1) is 10.3. The maximum atomic E-state index is 12.6. The third-order valence-electron chi connectivity index (χ3n) is 3.48. The third kappa shape index (κ3) is 2.27. The van der Waals surface area contributed by atoms with Crippen LogP contribution in [0.3, 0.4) is 0 Å². The van der Waals surface area contributed by atoms with Crippen molar-refractivity contribution in [1.82, 2.24) is 14.1 Å². The lowest BCUT2D eigenvalue weighted by Crippen LogP contribution is -2.26. The molecule has 0 saturated carbocycles. The number of aryl methyl sites for hydroxylation is 1. The molecule has 3 heterocycles. The summed E-state index contributed by atoms with van der Waals surface area (Å²) in [6, 6.07) is 1.16. The van der Waals surface area contributed by atoms with Crippen LogP contribution in [-0.4, -0.2) is 35.6 Å². The number of halogens is 1. The van der Waals surface area contributed by atoms with Gasteiger partial charge in [0.25, 0.3) is 10.0 Å². The van der Waals surface area contributed by atoms with E-state index < -0.39 is 16.0 Å². The molecular weight excluding hydrogens is 378 g/mol. The Morgan fingerprint density at radius 1 is 1.45 bits per heavy atom. The van der Waals surface area contributed by atoms with E-state index in [0.717, 1.165) is 17.3 Å². The van der Waals surface area contributed by atoms with Crippen LogP contribution in [-0.2, 0) is 34.9 Å². The van der Waals surface area contributed by atoms with Crippen LogP contribution in [0, 0.1) is 0 Å². The maximum Gasteiger partial charge on any atom is 0.342 e. The molecule has 22 heavy (non-hydrogen) atoms. The summed E-state index contributed by atoms with van der Waals surface area (Å²) in [5.74, 6) is -0.675. The van der Waals surface area contributed by atoms with E-state index in [2.05, 4.69) is 25.8 Å². The van der Waals surface area contributed by atoms with E-state index in [9.17, 15) is 13.2 Å². The van der Waals surface area contributed by atoms with Crippen molar-refractivity contribution in [1.29, 1.82) is 0 Å². The van der Waals surface area contributed by atoms with Crippen LogP contribution >= 0.6 is 15.9 Å². The summed E-state index contributed by atoms with van der Waals surface area (Å²) in [7, 11) is -0.883. The Balaban J connectivity index is 1.93. The Hall–Kier alpha value is -1.65. The van der Waals surface area contributed by atoms with E-state index in [1.54, 1.807) is 17.9 Å². The summed E-state index contributed by atoms with van der Waals surface area (Å²) in [5, 5.41) is 3.78. The number of hydrogen-bond donors (Lipinski definition) is 0. The van der Waals surface area contributed by atoms with Gasteiger partial charge in [-0.2, -0.15) is 9.40 Å². The second-order valence-corrected chi connectivity index (χ2v) is 7.35. The van der Waals surface area contributed by atoms with Crippen LogP contribution < -0.4 is 0 Å². The van der Waals surface area contributed by atoms with Gasteiger partial charge < -0.3 is 9.15 Å². The minimum Gasteiger partial charge on any atom is -0.465 e. The number of sulfonamides is 1. The number of nitrogens with zero attached hydrogens (tertiary/aromatic N) is 3. The molecule has 0 aromatic carbocycles. The van der Waals surface area contributed by atoms with E-state index >= 15 is 0 Å². The molecule has 1 aliphatic heterocycles. The Morgan fingerprint density at radius 2 is 2.18 bits per heavy atom. The summed E-state index contributed by atoms with van der Waals surface area (Å²) in [4.78, 5) is 11.5. The number of furan rings is 1. The molecule has 10 heteroatoms. The Kier molecular flexibility index (Phi) is 3.62. The molecule has 0 spiro atoms. The van der Waals surface area contributed by atoms with E-state index in [1.807, 2.05) is 0 Å². The molecule has 0 bridgehead atoms. The molecule has 0 amide bonds. The van der Waals surface area contributed by atoms with E-state index in [4.69, 9.17) is 4.42 Å². The van der Waals surface area contributed by atoms with Crippen LogP contribution in [0.4, 0.5) is 0 Å². The summed E-state index contributed by atoms with van der Waals surface area (Å²) in [6.07, 6.45) is 1.64. The predicted octanol–water partition coefficient (Wildman–Crippen LogP) is 1.27. The highest BCUT2D eigenvalue weighted by Crippen LogP contribution is 2.32. The van der Waals surface area contributed by atoms with Crippen molar-refractivity contribution >= 4 is 31.9 Å². The van der Waals surface area contributed by atoms with Crippen molar-refractivity contribution in [2.75, 3.05) is 7.11 Å². The molecule has 0 radical (unpaired) electrons. The second-order valence-electron chi connectivity index (χ2n) is 4.76. The molecule has 2 aromatic heterocycles. The summed E-state index contributed by atoms with van der Waals surface area (Å²) >= 11 is 3.03. The molecule has 3 rings (SSSR count). The molecule has 0 unspecified atom stereocenters. The standard InChI is InChI=1S/C12H12BrN3O5S/c1-15-9-6-16(5-7(9)4-14-15)22(18,19)10-3-8(11(13)21-10)12(17)20-2/h3-4H,5-6H2,1-2H3. The molecule has 8 nitrogen and oxygen atoms in total. The highest BCUT2D eigenvalue weighted by atomic mass is 79.9. The first-order valence-electron chi connectivity index (χ1n) is 6.22. The number of rotatable bonds is 3. The Labute approximate surface area is 134 Å². The monoisotopic (exact) mass is 389 g/mol. The van der Waals surface area contributed by atoms with Crippen LogP contribution in [0.1, 0.15) is 21.6 Å². The number of carbonyl (C=O) groups excluding carboxylic acids is 1. The molecule has 118 valence electrons. The van der Waals surface area contributed by atoms with Gasteiger partial charge in [0.15, 0.2) is 4.67 Å². The maximum absolute atomic E-state index is 12.6. The normalized spacial score (nSPS) is 15.0. The molecule has 0 atom stereocenters. The van der Waals surface area contributed by atoms with Crippen LogP contribution in [0.2, 0.25) is 0 Å². The van der Waals surface area contributed by atoms with Crippen molar-refractivity contribution in [3.63, 3.8) is 0 Å². The summed E-state index contributed by atoms with van der Waals surface area (Å²) < 4.78 is 37.9. The molecule has 0 N–H and O–H groups in total. The molecule has 0 saturated heterocycles. The summed E-state index contributed by atoms with van der Waals surface area (Å²) in [6.45, 7) is 0.428. The van der Waals surface area contributed by atoms with Crippen molar-refractivity contribution in [2.24, 2.45) is 7.05 Å². The summed E-state index contributed by atoms with van der Waals surface area (Å²) in [5.41, 5.74) is 1.71. The Morgan fingerprint density at radius 3 is 2.82 bits per heavy atom. The predicted molar refractivity (Wildman–Crippen MR) is 77.4 cm³/mol. The van der Waals surface area contributed by atoms with Gasteiger partial charge in [0.2, 0.25) is 5.09 Å². The number of fused-ring (bicyclic) bond motifs is 1. The van der Waals surface area contributed by atoms with E-state index in [-0.39, 0.29) is 28.4 Å². The van der Waals surface area contributed by atoms with Crippen molar-refractivity contribution < 1.29 is 22.4 Å². The number of aromatic nitrogens is 2. The zero-order valence-corrected chi connectivity index (χ0v) is 14.1. The van der Waals surface area contributed by atoms with Crippen LogP contribution in [0.25, 0.3) is 0 Å².